The van der Waals surface area contributed by atoms with Gasteiger partial charge in [-0.05, 0) is 99.5 Å². The molecular weight excluding hydrogens is 671 g/mol. The van der Waals surface area contributed by atoms with Crippen LogP contribution >= 0.6 is 11.3 Å². The van der Waals surface area contributed by atoms with E-state index in [2.05, 4.69) is 187 Å². The molecule has 0 atom stereocenters. The topological polar surface area (TPSA) is 3.24 Å². The number of anilines is 3. The highest BCUT2D eigenvalue weighted by Gasteiger charge is 2.23. The number of fused-ring (bicyclic) bond motifs is 4. The van der Waals surface area contributed by atoms with Gasteiger partial charge in [0.25, 0.3) is 0 Å². The van der Waals surface area contributed by atoms with Gasteiger partial charge in [0.1, 0.15) is 0 Å². The summed E-state index contributed by atoms with van der Waals surface area (Å²) in [7, 11) is 0. The van der Waals surface area contributed by atoms with Crippen molar-refractivity contribution in [1.29, 1.82) is 0 Å². The van der Waals surface area contributed by atoms with Crippen molar-refractivity contribution in [2.45, 2.75) is 38.0 Å². The first-order valence-corrected chi connectivity index (χ1v) is 20.2. The molecule has 0 aliphatic heterocycles. The number of thiophene rings is 1. The van der Waals surface area contributed by atoms with E-state index in [1.165, 1.54) is 113 Å². The third-order valence-corrected chi connectivity index (χ3v) is 12.6. The van der Waals surface area contributed by atoms with Crippen LogP contribution in [0, 0.1) is 0 Å². The van der Waals surface area contributed by atoms with Gasteiger partial charge < -0.3 is 4.90 Å². The van der Waals surface area contributed by atoms with Gasteiger partial charge in [0.2, 0.25) is 0 Å². The lowest BCUT2D eigenvalue weighted by molar-refractivity contribution is 0.445. The minimum Gasteiger partial charge on any atom is -0.310 e. The Labute approximate surface area is 321 Å². The van der Waals surface area contributed by atoms with Crippen molar-refractivity contribution < 1.29 is 0 Å². The molecule has 0 saturated heterocycles. The van der Waals surface area contributed by atoms with Gasteiger partial charge in [-0.1, -0.05) is 165 Å². The Bertz CT molecular complexity index is 2680. The molecule has 0 spiro atoms. The van der Waals surface area contributed by atoms with Crippen LogP contribution in [-0.2, 0) is 0 Å². The molecule has 1 saturated carbocycles. The fraction of sp³-hybridized carbons (Fsp3) is 0.115. The number of benzene rings is 8. The van der Waals surface area contributed by atoms with E-state index in [9.17, 15) is 0 Å². The van der Waals surface area contributed by atoms with E-state index < -0.39 is 0 Å². The van der Waals surface area contributed by atoms with Crippen molar-refractivity contribution in [2.24, 2.45) is 0 Å². The Morgan fingerprint density at radius 3 is 1.70 bits per heavy atom. The van der Waals surface area contributed by atoms with E-state index in [4.69, 9.17) is 0 Å². The summed E-state index contributed by atoms with van der Waals surface area (Å²) < 4.78 is 2.64. The van der Waals surface area contributed by atoms with Gasteiger partial charge in [-0.15, -0.1) is 11.3 Å². The van der Waals surface area contributed by atoms with Crippen LogP contribution in [0.2, 0.25) is 0 Å². The first-order chi connectivity index (χ1) is 26.8. The highest BCUT2D eigenvalue weighted by Crippen LogP contribution is 2.47. The smallest absolute Gasteiger partial charge is 0.0540 e. The molecule has 0 unspecified atom stereocenters. The molecule has 0 radical (unpaired) electrons. The van der Waals surface area contributed by atoms with E-state index in [1.807, 2.05) is 11.3 Å². The van der Waals surface area contributed by atoms with Crippen LogP contribution in [0.1, 0.15) is 43.6 Å². The number of hydrogen-bond acceptors (Lipinski definition) is 2. The van der Waals surface area contributed by atoms with Crippen LogP contribution in [0.15, 0.2) is 182 Å². The van der Waals surface area contributed by atoms with Crippen molar-refractivity contribution >= 4 is 59.3 Å². The summed E-state index contributed by atoms with van der Waals surface area (Å²) >= 11 is 1.88. The predicted octanol–water partition coefficient (Wildman–Crippen LogP) is 15.7. The van der Waals surface area contributed by atoms with Crippen LogP contribution in [0.25, 0.3) is 64.3 Å². The molecule has 0 amide bonds. The molecule has 1 aliphatic carbocycles. The number of nitrogens with zero attached hydrogens (tertiary/aromatic N) is 1. The Morgan fingerprint density at radius 2 is 1.00 bits per heavy atom. The molecule has 1 aliphatic rings. The van der Waals surface area contributed by atoms with E-state index in [1.54, 1.807) is 0 Å². The summed E-state index contributed by atoms with van der Waals surface area (Å²) in [4.78, 5) is 2.49. The lowest BCUT2D eigenvalue weighted by Gasteiger charge is -2.29. The van der Waals surface area contributed by atoms with Gasteiger partial charge in [-0.2, -0.15) is 0 Å². The summed E-state index contributed by atoms with van der Waals surface area (Å²) in [6, 6.07) is 67.4. The highest BCUT2D eigenvalue weighted by atomic mass is 32.1. The quantitative estimate of drug-likeness (QED) is 0.159. The van der Waals surface area contributed by atoms with E-state index >= 15 is 0 Å². The second-order valence-electron chi connectivity index (χ2n) is 14.7. The second kappa shape index (κ2) is 14.1. The van der Waals surface area contributed by atoms with Crippen molar-refractivity contribution in [3.63, 3.8) is 0 Å². The molecule has 260 valence electrons. The minimum atomic E-state index is 0.629. The largest absolute Gasteiger partial charge is 0.310 e. The molecule has 0 bridgehead atoms. The maximum Gasteiger partial charge on any atom is 0.0540 e. The standard InChI is InChI=1S/C52H41NS/c1-4-15-36(16-5-1)42-33-34-49(46-22-11-10-21-45(42)46)53(41-31-32-48-47-23-12-13-26-50(47)54-51(48)35-41)40-29-27-39(28-30-40)52-43(37-17-6-2-7-18-37)24-14-25-44(52)38-19-8-3-9-20-38/h2-3,6-14,17-36H,1,4-5,15-16H2. The lowest BCUT2D eigenvalue weighted by atomic mass is 9.82. The van der Waals surface area contributed by atoms with Gasteiger partial charge in [-0.25, -0.2) is 0 Å². The molecule has 1 fully saturated rings. The fourth-order valence-electron chi connectivity index (χ4n) is 8.91. The maximum atomic E-state index is 2.49. The average Bonchev–Trinajstić information content (AvgIpc) is 3.63. The molecule has 0 N–H and O–H groups in total. The minimum absolute atomic E-state index is 0.629. The third-order valence-electron chi connectivity index (χ3n) is 11.5. The molecule has 1 heterocycles. The van der Waals surface area contributed by atoms with Crippen molar-refractivity contribution in [3.05, 3.63) is 188 Å². The molecule has 1 nitrogen and oxygen atoms in total. The van der Waals surface area contributed by atoms with Gasteiger partial charge >= 0.3 is 0 Å². The zero-order chi connectivity index (χ0) is 35.8. The Kier molecular flexibility index (Phi) is 8.54. The summed E-state index contributed by atoms with van der Waals surface area (Å²) in [5, 5.41) is 5.34. The Morgan fingerprint density at radius 1 is 0.407 bits per heavy atom. The van der Waals surface area contributed by atoms with Gasteiger partial charge in [-0.3, -0.25) is 0 Å². The predicted molar refractivity (Wildman–Crippen MR) is 234 cm³/mol. The molecule has 2 heteroatoms. The van der Waals surface area contributed by atoms with Crippen molar-refractivity contribution in [1.82, 2.24) is 0 Å². The Hall–Kier alpha value is -5.96. The van der Waals surface area contributed by atoms with Crippen LogP contribution in [0.4, 0.5) is 17.1 Å². The molecule has 54 heavy (non-hydrogen) atoms. The first kappa shape index (κ1) is 32.7. The third kappa shape index (κ3) is 5.88. The van der Waals surface area contributed by atoms with Crippen molar-refractivity contribution in [3.8, 4) is 33.4 Å². The van der Waals surface area contributed by atoms with Crippen LogP contribution in [0.3, 0.4) is 0 Å². The summed E-state index contributed by atoms with van der Waals surface area (Å²) in [5.41, 5.74) is 12.4. The molecule has 10 rings (SSSR count). The molecule has 1 aromatic heterocycles. The highest BCUT2D eigenvalue weighted by molar-refractivity contribution is 7.25. The average molecular weight is 712 g/mol. The second-order valence-corrected chi connectivity index (χ2v) is 15.8. The zero-order valence-electron chi connectivity index (χ0n) is 30.3. The lowest BCUT2D eigenvalue weighted by Crippen LogP contribution is -2.12. The SMILES string of the molecule is c1ccc(-c2cccc(-c3ccccc3)c2-c2ccc(N(c3ccc4c(c3)sc3ccccc34)c3ccc(C4CCCCC4)c4ccccc34)cc2)cc1. The van der Waals surface area contributed by atoms with E-state index in [0.717, 1.165) is 5.69 Å². The summed E-state index contributed by atoms with van der Waals surface area (Å²) in [6.45, 7) is 0. The molecule has 8 aromatic carbocycles. The van der Waals surface area contributed by atoms with Crippen molar-refractivity contribution in [2.75, 3.05) is 4.90 Å². The van der Waals surface area contributed by atoms with Gasteiger partial charge in [0, 0.05) is 36.9 Å². The molecule has 9 aromatic rings. The summed E-state index contributed by atoms with van der Waals surface area (Å²) in [6.07, 6.45) is 6.58. The first-order valence-electron chi connectivity index (χ1n) is 19.4. The molecular formula is C52H41NS. The fourth-order valence-corrected chi connectivity index (χ4v) is 10.0. The van der Waals surface area contributed by atoms with Crippen LogP contribution < -0.4 is 4.90 Å². The monoisotopic (exact) mass is 711 g/mol. The van der Waals surface area contributed by atoms with E-state index in [-0.39, 0.29) is 0 Å². The van der Waals surface area contributed by atoms with Gasteiger partial charge in [0.15, 0.2) is 0 Å². The Balaban J connectivity index is 1.16. The number of rotatable bonds is 7. The van der Waals surface area contributed by atoms with Crippen LogP contribution in [0.5, 0.6) is 0 Å². The number of hydrogen-bond donors (Lipinski definition) is 0. The van der Waals surface area contributed by atoms with Gasteiger partial charge in [0.05, 0.1) is 5.69 Å². The van der Waals surface area contributed by atoms with E-state index in [0.29, 0.717) is 5.92 Å². The van der Waals surface area contributed by atoms with Crippen LogP contribution in [-0.4, -0.2) is 0 Å². The normalized spacial score (nSPS) is 13.5. The maximum absolute atomic E-state index is 2.49. The summed E-state index contributed by atoms with van der Waals surface area (Å²) in [5.74, 6) is 0.629. The zero-order valence-corrected chi connectivity index (χ0v) is 31.1.